The number of nitrogens with zero attached hydrogens (tertiary/aromatic N) is 3. The van der Waals surface area contributed by atoms with E-state index in [1.807, 2.05) is 23.1 Å². The normalized spacial score (nSPS) is 17.5. The van der Waals surface area contributed by atoms with Gasteiger partial charge in [-0.15, -0.1) is 0 Å². The number of nitrogens with one attached hydrogen (secondary N) is 1. The zero-order valence-electron chi connectivity index (χ0n) is 21.0. The molecule has 2 N–H and O–H groups in total. The van der Waals surface area contributed by atoms with E-state index in [4.69, 9.17) is 23.8 Å². The van der Waals surface area contributed by atoms with E-state index in [1.54, 1.807) is 24.4 Å². The van der Waals surface area contributed by atoms with Gasteiger partial charge in [-0.05, 0) is 99.9 Å². The van der Waals surface area contributed by atoms with Crippen molar-refractivity contribution in [2.24, 2.45) is 0 Å². The number of thiocarbonyl (C=S) groups is 1. The van der Waals surface area contributed by atoms with Crippen LogP contribution in [0.2, 0.25) is 5.02 Å². The Kier molecular flexibility index (Phi) is 6.27. The third-order valence-corrected chi connectivity index (χ3v) is 7.49. The lowest BCUT2D eigenvalue weighted by molar-refractivity contribution is 0.472. The Balaban J connectivity index is 1.74. The number of anilines is 1. The summed E-state index contributed by atoms with van der Waals surface area (Å²) >= 11 is 12.2. The lowest BCUT2D eigenvalue weighted by atomic mass is 9.96. The first kappa shape index (κ1) is 24.3. The monoisotopic (exact) mass is 516 g/mol. The summed E-state index contributed by atoms with van der Waals surface area (Å²) in [5.41, 5.74) is 9.70. The summed E-state index contributed by atoms with van der Waals surface area (Å²) in [6.07, 6.45) is 1.79. The molecule has 7 heteroatoms. The third kappa shape index (κ3) is 4.04. The minimum Gasteiger partial charge on any atom is -0.506 e. The molecule has 2 aromatic carbocycles. The molecular formula is C29H29ClN4OS. The number of rotatable bonds is 4. The molecule has 4 aromatic rings. The maximum absolute atomic E-state index is 10.8. The van der Waals surface area contributed by atoms with E-state index in [0.717, 1.165) is 22.6 Å². The van der Waals surface area contributed by atoms with Gasteiger partial charge in [-0.3, -0.25) is 4.98 Å². The lowest BCUT2D eigenvalue weighted by Crippen LogP contribution is -2.29. The van der Waals surface area contributed by atoms with Crippen molar-refractivity contribution in [2.45, 2.75) is 46.7 Å². The average molecular weight is 517 g/mol. The smallest absolute Gasteiger partial charge is 0.174 e. The molecule has 0 aliphatic carbocycles. The summed E-state index contributed by atoms with van der Waals surface area (Å²) in [5.74, 6) is 0.120. The summed E-state index contributed by atoms with van der Waals surface area (Å²) in [5, 5.41) is 15.3. The zero-order chi connectivity index (χ0) is 25.7. The first-order valence-corrected chi connectivity index (χ1v) is 12.7. The third-order valence-electron chi connectivity index (χ3n) is 6.94. The van der Waals surface area contributed by atoms with Gasteiger partial charge in [-0.25, -0.2) is 0 Å². The summed E-state index contributed by atoms with van der Waals surface area (Å²) in [6.45, 7) is 10.7. The van der Waals surface area contributed by atoms with E-state index in [-0.39, 0.29) is 17.8 Å². The molecule has 0 spiro atoms. The molecule has 1 fully saturated rings. The molecule has 3 heterocycles. The second-order valence-corrected chi connectivity index (χ2v) is 10.4. The lowest BCUT2D eigenvalue weighted by Gasteiger charge is -2.29. The van der Waals surface area contributed by atoms with Crippen LogP contribution in [0.4, 0.5) is 5.69 Å². The van der Waals surface area contributed by atoms with Crippen LogP contribution in [0.1, 0.15) is 51.4 Å². The molecule has 0 radical (unpaired) electrons. The largest absolute Gasteiger partial charge is 0.506 e. The van der Waals surface area contributed by atoms with Crippen molar-refractivity contribution in [1.29, 1.82) is 0 Å². The van der Waals surface area contributed by atoms with Crippen LogP contribution in [-0.4, -0.2) is 19.8 Å². The standard InChI is InChI=1S/C29H29ClN4OS/c1-16-12-17(2)27(18(3)13-16)33-19(4)14-22(20(33)5)28-26(23-8-6-7-11-31-23)32-29(36)34(28)24-15-21(30)9-10-25(24)35/h6-15,26,28,35H,1-5H3,(H,32,36)/t26-,28-/m1/s1. The Morgan fingerprint density at radius 3 is 2.36 bits per heavy atom. The van der Waals surface area contributed by atoms with Crippen LogP contribution in [0.15, 0.2) is 60.8 Å². The topological polar surface area (TPSA) is 53.3 Å². The molecule has 36 heavy (non-hydrogen) atoms. The van der Waals surface area contributed by atoms with E-state index in [2.05, 4.69) is 67.7 Å². The van der Waals surface area contributed by atoms with Gasteiger partial charge < -0.3 is 19.9 Å². The molecule has 0 unspecified atom stereocenters. The van der Waals surface area contributed by atoms with E-state index >= 15 is 0 Å². The van der Waals surface area contributed by atoms with Gasteiger partial charge in [0.15, 0.2) is 5.11 Å². The van der Waals surface area contributed by atoms with Gasteiger partial charge in [-0.2, -0.15) is 0 Å². The molecule has 0 amide bonds. The van der Waals surface area contributed by atoms with Gasteiger partial charge in [0.2, 0.25) is 0 Å². The number of hydrogen-bond donors (Lipinski definition) is 2. The van der Waals surface area contributed by atoms with Gasteiger partial charge in [-0.1, -0.05) is 35.4 Å². The molecule has 2 atom stereocenters. The van der Waals surface area contributed by atoms with Crippen molar-refractivity contribution < 1.29 is 5.11 Å². The van der Waals surface area contributed by atoms with E-state index in [9.17, 15) is 5.11 Å². The number of pyridine rings is 1. The van der Waals surface area contributed by atoms with Crippen LogP contribution >= 0.6 is 23.8 Å². The summed E-state index contributed by atoms with van der Waals surface area (Å²) in [7, 11) is 0. The molecule has 1 saturated heterocycles. The Morgan fingerprint density at radius 1 is 0.972 bits per heavy atom. The van der Waals surface area contributed by atoms with Crippen LogP contribution in [0.5, 0.6) is 5.75 Å². The summed E-state index contributed by atoms with van der Waals surface area (Å²) in [4.78, 5) is 6.62. The van der Waals surface area contributed by atoms with Gasteiger partial charge in [0.05, 0.1) is 29.2 Å². The highest BCUT2D eigenvalue weighted by atomic mass is 35.5. The van der Waals surface area contributed by atoms with Gasteiger partial charge in [0.25, 0.3) is 0 Å². The Labute approximate surface area is 222 Å². The molecule has 1 aliphatic heterocycles. The molecule has 0 bridgehead atoms. The number of phenols is 1. The predicted molar refractivity (Wildman–Crippen MR) is 151 cm³/mol. The fraction of sp³-hybridized carbons (Fsp3) is 0.241. The minimum atomic E-state index is -0.247. The van der Waals surface area contributed by atoms with Gasteiger partial charge >= 0.3 is 0 Å². The second-order valence-electron chi connectivity index (χ2n) is 9.54. The fourth-order valence-electron chi connectivity index (χ4n) is 5.58. The number of aromatic nitrogens is 2. The van der Waals surface area contributed by atoms with Gasteiger partial charge in [0, 0.05) is 22.6 Å². The summed E-state index contributed by atoms with van der Waals surface area (Å²) < 4.78 is 2.33. The Hall–Kier alpha value is -3.35. The second kappa shape index (κ2) is 9.26. The quantitative estimate of drug-likeness (QED) is 0.287. The van der Waals surface area contributed by atoms with E-state index < -0.39 is 0 Å². The molecule has 2 aromatic heterocycles. The van der Waals surface area contributed by atoms with Crippen molar-refractivity contribution in [3.63, 3.8) is 0 Å². The minimum absolute atomic E-state index is 0.120. The molecule has 0 saturated carbocycles. The Morgan fingerprint density at radius 2 is 1.69 bits per heavy atom. The summed E-state index contributed by atoms with van der Waals surface area (Å²) in [6, 6.07) is 17.1. The number of halogens is 1. The fourth-order valence-corrected chi connectivity index (χ4v) is 6.08. The Bertz CT molecular complexity index is 1460. The van der Waals surface area contributed by atoms with Gasteiger partial charge in [0.1, 0.15) is 5.75 Å². The van der Waals surface area contributed by atoms with Crippen LogP contribution in [0.25, 0.3) is 5.69 Å². The number of benzene rings is 2. The molecular weight excluding hydrogens is 488 g/mol. The highest BCUT2D eigenvalue weighted by Gasteiger charge is 2.43. The van der Waals surface area contributed by atoms with Crippen molar-refractivity contribution in [3.05, 3.63) is 105 Å². The number of aromatic hydroxyl groups is 1. The van der Waals surface area contributed by atoms with Crippen LogP contribution in [0.3, 0.4) is 0 Å². The van der Waals surface area contributed by atoms with Crippen molar-refractivity contribution in [1.82, 2.24) is 14.9 Å². The van der Waals surface area contributed by atoms with Crippen LogP contribution < -0.4 is 10.2 Å². The number of phenolic OH excluding ortho intramolecular Hbond substituents is 1. The maximum Gasteiger partial charge on any atom is 0.174 e. The van der Waals surface area contributed by atoms with E-state index in [1.165, 1.54) is 22.4 Å². The highest BCUT2D eigenvalue weighted by molar-refractivity contribution is 7.80. The SMILES string of the molecule is Cc1cc(C)c(-n2c(C)cc([C@@H]3[C@@H](c4ccccn4)NC(=S)N3c3cc(Cl)ccc3O)c2C)c(C)c1. The number of hydrogen-bond acceptors (Lipinski definition) is 3. The number of aryl methyl sites for hydroxylation is 4. The first-order chi connectivity index (χ1) is 17.2. The van der Waals surface area contributed by atoms with Crippen molar-refractivity contribution >= 4 is 34.6 Å². The van der Waals surface area contributed by atoms with Crippen LogP contribution in [0, 0.1) is 34.6 Å². The average Bonchev–Trinajstić information content (AvgIpc) is 3.31. The maximum atomic E-state index is 10.8. The molecule has 184 valence electrons. The highest BCUT2D eigenvalue weighted by Crippen LogP contribution is 2.46. The van der Waals surface area contributed by atoms with E-state index in [0.29, 0.717) is 15.8 Å². The first-order valence-electron chi connectivity index (χ1n) is 11.9. The molecule has 5 nitrogen and oxygen atoms in total. The predicted octanol–water partition coefficient (Wildman–Crippen LogP) is 6.95. The molecule has 5 rings (SSSR count). The molecule has 1 aliphatic rings. The zero-order valence-corrected chi connectivity index (χ0v) is 22.6. The van der Waals surface area contributed by atoms with Crippen molar-refractivity contribution in [3.8, 4) is 11.4 Å². The van der Waals surface area contributed by atoms with Crippen molar-refractivity contribution in [2.75, 3.05) is 4.90 Å². The van der Waals surface area contributed by atoms with Crippen LogP contribution in [-0.2, 0) is 0 Å².